The summed E-state index contributed by atoms with van der Waals surface area (Å²) in [6.07, 6.45) is 1.88. The highest BCUT2D eigenvalue weighted by Gasteiger charge is 1.96. The summed E-state index contributed by atoms with van der Waals surface area (Å²) in [4.78, 5) is 4.83. The standard InChI is InChI=1S/C10H12ClNO/c1-8(11)7-9-5-3-4-6-10(9)12-13-2/h3-7,12H,1-2H3/b8-7+. The van der Waals surface area contributed by atoms with Crippen LogP contribution >= 0.6 is 11.6 Å². The van der Waals surface area contributed by atoms with Crippen LogP contribution in [0.3, 0.4) is 0 Å². The molecule has 0 fully saturated rings. The molecule has 3 heteroatoms. The SMILES string of the molecule is CONc1ccccc1/C=C(\C)Cl. The molecule has 0 amide bonds. The summed E-state index contributed by atoms with van der Waals surface area (Å²) in [5.74, 6) is 0. The predicted molar refractivity (Wildman–Crippen MR) is 56.6 cm³/mol. The summed E-state index contributed by atoms with van der Waals surface area (Å²) in [7, 11) is 1.58. The van der Waals surface area contributed by atoms with Crippen LogP contribution in [-0.2, 0) is 4.84 Å². The fraction of sp³-hybridized carbons (Fsp3) is 0.200. The highest BCUT2D eigenvalue weighted by atomic mass is 35.5. The largest absolute Gasteiger partial charge is 0.279 e. The van der Waals surface area contributed by atoms with E-state index in [2.05, 4.69) is 5.48 Å². The summed E-state index contributed by atoms with van der Waals surface area (Å²) in [6.45, 7) is 1.84. The summed E-state index contributed by atoms with van der Waals surface area (Å²) in [6, 6.07) is 7.77. The van der Waals surface area contributed by atoms with Gasteiger partial charge >= 0.3 is 0 Å². The van der Waals surface area contributed by atoms with Crippen molar-refractivity contribution in [3.8, 4) is 0 Å². The third-order valence-corrected chi connectivity index (χ3v) is 1.64. The number of benzene rings is 1. The lowest BCUT2D eigenvalue weighted by atomic mass is 10.2. The summed E-state index contributed by atoms with van der Waals surface area (Å²) in [5, 5.41) is 0.741. The molecule has 0 saturated carbocycles. The molecule has 0 saturated heterocycles. The Hall–Kier alpha value is -0.990. The molecule has 1 aromatic rings. The Bertz CT molecular complexity index is 306. The molecule has 0 unspecified atom stereocenters. The molecule has 0 aliphatic rings. The zero-order valence-electron chi connectivity index (χ0n) is 7.67. The molecule has 13 heavy (non-hydrogen) atoms. The van der Waals surface area contributed by atoms with Crippen molar-refractivity contribution >= 4 is 23.4 Å². The van der Waals surface area contributed by atoms with Gasteiger partial charge in [0, 0.05) is 10.6 Å². The van der Waals surface area contributed by atoms with Crippen LogP contribution in [0.15, 0.2) is 29.3 Å². The number of halogens is 1. The van der Waals surface area contributed by atoms with Gasteiger partial charge in [0.05, 0.1) is 12.8 Å². The second-order valence-corrected chi connectivity index (χ2v) is 3.22. The molecule has 0 aliphatic heterocycles. The zero-order valence-corrected chi connectivity index (χ0v) is 8.43. The van der Waals surface area contributed by atoms with Crippen LogP contribution in [0.2, 0.25) is 0 Å². The number of hydrogen-bond donors (Lipinski definition) is 1. The van der Waals surface area contributed by atoms with E-state index in [-0.39, 0.29) is 0 Å². The first-order valence-electron chi connectivity index (χ1n) is 3.96. The van der Waals surface area contributed by atoms with E-state index in [1.807, 2.05) is 37.3 Å². The van der Waals surface area contributed by atoms with Crippen molar-refractivity contribution in [2.75, 3.05) is 12.6 Å². The molecule has 0 heterocycles. The highest BCUT2D eigenvalue weighted by molar-refractivity contribution is 6.31. The van der Waals surface area contributed by atoms with Crippen LogP contribution in [0.25, 0.3) is 6.08 Å². The predicted octanol–water partition coefficient (Wildman–Crippen LogP) is 3.26. The second-order valence-electron chi connectivity index (χ2n) is 2.62. The van der Waals surface area contributed by atoms with Crippen molar-refractivity contribution in [1.82, 2.24) is 0 Å². The molecule has 0 aliphatic carbocycles. The fourth-order valence-electron chi connectivity index (χ4n) is 1.04. The highest BCUT2D eigenvalue weighted by Crippen LogP contribution is 2.19. The van der Waals surface area contributed by atoms with Gasteiger partial charge in [0.15, 0.2) is 0 Å². The minimum atomic E-state index is 0.741. The Labute approximate surface area is 83.1 Å². The van der Waals surface area contributed by atoms with E-state index in [9.17, 15) is 0 Å². The normalized spacial score (nSPS) is 11.5. The number of hydrogen-bond acceptors (Lipinski definition) is 2. The Morgan fingerprint density at radius 3 is 2.77 bits per heavy atom. The third-order valence-electron chi connectivity index (χ3n) is 1.53. The van der Waals surface area contributed by atoms with Crippen LogP contribution in [0.1, 0.15) is 12.5 Å². The van der Waals surface area contributed by atoms with Gasteiger partial charge in [-0.3, -0.25) is 10.3 Å². The van der Waals surface area contributed by atoms with Crippen LogP contribution in [0, 0.1) is 0 Å². The van der Waals surface area contributed by atoms with Gasteiger partial charge in [-0.2, -0.15) is 0 Å². The van der Waals surface area contributed by atoms with Crippen molar-refractivity contribution in [3.63, 3.8) is 0 Å². The average Bonchev–Trinajstić information content (AvgIpc) is 2.08. The molecule has 1 N–H and O–H groups in total. The fourth-order valence-corrected chi connectivity index (χ4v) is 1.16. The molecule has 1 aromatic carbocycles. The molecule has 0 spiro atoms. The molecule has 0 radical (unpaired) electrons. The van der Waals surface area contributed by atoms with Crippen molar-refractivity contribution in [1.29, 1.82) is 0 Å². The lowest BCUT2D eigenvalue weighted by molar-refractivity contribution is 0.271. The van der Waals surface area contributed by atoms with Gasteiger partial charge in [-0.05, 0) is 19.1 Å². The van der Waals surface area contributed by atoms with Gasteiger partial charge in [0.1, 0.15) is 0 Å². The van der Waals surface area contributed by atoms with Gasteiger partial charge in [-0.25, -0.2) is 0 Å². The maximum absolute atomic E-state index is 5.78. The van der Waals surface area contributed by atoms with Crippen LogP contribution in [0.5, 0.6) is 0 Å². The van der Waals surface area contributed by atoms with E-state index in [0.29, 0.717) is 0 Å². The Balaban J connectivity index is 2.97. The Morgan fingerprint density at radius 1 is 1.46 bits per heavy atom. The van der Waals surface area contributed by atoms with E-state index < -0.39 is 0 Å². The van der Waals surface area contributed by atoms with Crippen LogP contribution < -0.4 is 5.48 Å². The number of rotatable bonds is 3. The first-order valence-corrected chi connectivity index (χ1v) is 4.33. The van der Waals surface area contributed by atoms with E-state index in [0.717, 1.165) is 16.3 Å². The number of para-hydroxylation sites is 1. The molecule has 1 rings (SSSR count). The molecular formula is C10H12ClNO. The average molecular weight is 198 g/mol. The quantitative estimate of drug-likeness (QED) is 0.752. The summed E-state index contributed by atoms with van der Waals surface area (Å²) >= 11 is 5.78. The number of anilines is 1. The molecular weight excluding hydrogens is 186 g/mol. The summed E-state index contributed by atoms with van der Waals surface area (Å²) < 4.78 is 0. The van der Waals surface area contributed by atoms with Crippen molar-refractivity contribution in [2.24, 2.45) is 0 Å². The van der Waals surface area contributed by atoms with Crippen molar-refractivity contribution < 1.29 is 4.84 Å². The van der Waals surface area contributed by atoms with E-state index >= 15 is 0 Å². The smallest absolute Gasteiger partial charge is 0.0677 e. The molecule has 0 bridgehead atoms. The van der Waals surface area contributed by atoms with Crippen molar-refractivity contribution in [3.05, 3.63) is 34.9 Å². The molecule has 0 aromatic heterocycles. The van der Waals surface area contributed by atoms with E-state index in [1.165, 1.54) is 0 Å². The van der Waals surface area contributed by atoms with E-state index in [1.54, 1.807) is 7.11 Å². The minimum Gasteiger partial charge on any atom is -0.279 e. The van der Waals surface area contributed by atoms with Crippen LogP contribution in [0.4, 0.5) is 5.69 Å². The third kappa shape index (κ3) is 3.09. The van der Waals surface area contributed by atoms with Gasteiger partial charge in [0.25, 0.3) is 0 Å². The second kappa shape index (κ2) is 4.90. The number of allylic oxidation sites excluding steroid dienone is 1. The van der Waals surface area contributed by atoms with Crippen LogP contribution in [-0.4, -0.2) is 7.11 Å². The lowest BCUT2D eigenvalue weighted by Crippen LogP contribution is -1.97. The van der Waals surface area contributed by atoms with E-state index in [4.69, 9.17) is 16.4 Å². The van der Waals surface area contributed by atoms with Gasteiger partial charge in [0.2, 0.25) is 0 Å². The minimum absolute atomic E-state index is 0.741. The zero-order chi connectivity index (χ0) is 9.68. The monoisotopic (exact) mass is 197 g/mol. The Kier molecular flexibility index (Phi) is 3.80. The maximum Gasteiger partial charge on any atom is 0.0677 e. The molecule has 0 atom stereocenters. The van der Waals surface area contributed by atoms with Gasteiger partial charge in [-0.15, -0.1) is 0 Å². The molecule has 2 nitrogen and oxygen atoms in total. The Morgan fingerprint density at radius 2 is 2.15 bits per heavy atom. The maximum atomic E-state index is 5.78. The lowest BCUT2D eigenvalue weighted by Gasteiger charge is -2.06. The van der Waals surface area contributed by atoms with Gasteiger partial charge < -0.3 is 0 Å². The first-order chi connectivity index (χ1) is 6.24. The number of nitrogens with one attached hydrogen (secondary N) is 1. The van der Waals surface area contributed by atoms with Gasteiger partial charge in [-0.1, -0.05) is 29.8 Å². The van der Waals surface area contributed by atoms with Crippen molar-refractivity contribution in [2.45, 2.75) is 6.92 Å². The molecule has 70 valence electrons. The first kappa shape index (κ1) is 10.1. The summed E-state index contributed by atoms with van der Waals surface area (Å²) in [5.41, 5.74) is 4.70. The topological polar surface area (TPSA) is 21.3 Å².